The molecule has 0 saturated carbocycles. The van der Waals surface area contributed by atoms with Crippen molar-refractivity contribution in [2.45, 2.75) is 45.6 Å². The van der Waals surface area contributed by atoms with Crippen LogP contribution in [-0.2, 0) is 12.0 Å². The van der Waals surface area contributed by atoms with Crippen LogP contribution < -0.4 is 5.56 Å². The number of piperidine rings is 1. The highest BCUT2D eigenvalue weighted by Gasteiger charge is 2.26. The molecule has 156 valence electrons. The van der Waals surface area contributed by atoms with E-state index < -0.39 is 0 Å². The average molecular weight is 405 g/mol. The summed E-state index contributed by atoms with van der Waals surface area (Å²) in [4.78, 5) is 36.3. The van der Waals surface area contributed by atoms with Gasteiger partial charge in [0.2, 0.25) is 0 Å². The maximum absolute atomic E-state index is 13.1. The molecule has 0 N–H and O–H groups in total. The first-order valence-electron chi connectivity index (χ1n) is 10.5. The Labute approximate surface area is 176 Å². The van der Waals surface area contributed by atoms with Crippen LogP contribution in [0, 0.1) is 5.92 Å². The molecule has 0 unspecified atom stereocenters. The molecule has 0 aliphatic carbocycles. The van der Waals surface area contributed by atoms with E-state index in [4.69, 9.17) is 0 Å². The second-order valence-electron chi connectivity index (χ2n) is 9.13. The summed E-state index contributed by atoms with van der Waals surface area (Å²) < 4.78 is 1.70. The molecule has 1 saturated heterocycles. The third-order valence-electron chi connectivity index (χ3n) is 5.88. The first-order valence-corrected chi connectivity index (χ1v) is 10.5. The Morgan fingerprint density at radius 2 is 1.83 bits per heavy atom. The SMILES string of the molecule is CC(C)(C)c1cc(=O)n(CC2CCN(C(=O)c3nccc4ccccc34)CC2)cn1. The number of hydrogen-bond acceptors (Lipinski definition) is 4. The predicted molar refractivity (Wildman–Crippen MR) is 118 cm³/mol. The minimum absolute atomic E-state index is 0.00612. The van der Waals surface area contributed by atoms with Crippen molar-refractivity contribution >= 4 is 16.7 Å². The number of pyridine rings is 1. The maximum atomic E-state index is 13.1. The van der Waals surface area contributed by atoms with Crippen molar-refractivity contribution in [3.05, 3.63) is 70.7 Å². The smallest absolute Gasteiger partial charge is 0.273 e. The number of hydrogen-bond donors (Lipinski definition) is 0. The summed E-state index contributed by atoms with van der Waals surface area (Å²) in [5.41, 5.74) is 1.18. The monoisotopic (exact) mass is 404 g/mol. The van der Waals surface area contributed by atoms with E-state index in [1.807, 2.05) is 35.2 Å². The Hall–Kier alpha value is -3.02. The van der Waals surface area contributed by atoms with E-state index in [1.165, 1.54) is 0 Å². The molecular weight excluding hydrogens is 376 g/mol. The maximum Gasteiger partial charge on any atom is 0.273 e. The van der Waals surface area contributed by atoms with Crippen LogP contribution in [0.3, 0.4) is 0 Å². The van der Waals surface area contributed by atoms with Gasteiger partial charge in [0.15, 0.2) is 0 Å². The fraction of sp³-hybridized carbons (Fsp3) is 0.417. The largest absolute Gasteiger partial charge is 0.337 e. The molecule has 6 heteroatoms. The number of fused-ring (bicyclic) bond motifs is 1. The van der Waals surface area contributed by atoms with Crippen LogP contribution in [0.15, 0.2) is 53.7 Å². The molecule has 1 amide bonds. The standard InChI is InChI=1S/C24H28N4O2/c1-24(2,3)20-14-21(29)28(16-26-20)15-17-9-12-27(13-10-17)23(30)22-19-7-5-4-6-18(19)8-11-25-22/h4-8,11,14,16-17H,9-10,12-13,15H2,1-3H3. The second kappa shape index (κ2) is 8.01. The Morgan fingerprint density at radius 1 is 1.10 bits per heavy atom. The Morgan fingerprint density at radius 3 is 2.53 bits per heavy atom. The van der Waals surface area contributed by atoms with Gasteiger partial charge in [-0.15, -0.1) is 0 Å². The molecule has 1 aromatic carbocycles. The number of aromatic nitrogens is 3. The molecule has 1 aliphatic rings. The predicted octanol–water partition coefficient (Wildman–Crippen LogP) is 3.64. The van der Waals surface area contributed by atoms with Gasteiger partial charge < -0.3 is 4.90 Å². The molecule has 2 aromatic heterocycles. The van der Waals surface area contributed by atoms with Crippen molar-refractivity contribution < 1.29 is 4.79 Å². The lowest BCUT2D eigenvalue weighted by Gasteiger charge is -2.32. The molecule has 4 rings (SSSR count). The summed E-state index contributed by atoms with van der Waals surface area (Å²) in [6, 6.07) is 11.4. The number of carbonyl (C=O) groups excluding carboxylic acids is 1. The van der Waals surface area contributed by atoms with Crippen molar-refractivity contribution in [3.8, 4) is 0 Å². The van der Waals surface area contributed by atoms with Gasteiger partial charge in [-0.2, -0.15) is 0 Å². The molecule has 1 aliphatic heterocycles. The van der Waals surface area contributed by atoms with Gasteiger partial charge in [-0.25, -0.2) is 4.98 Å². The number of nitrogens with zero attached hydrogens (tertiary/aromatic N) is 4. The molecule has 0 radical (unpaired) electrons. The normalized spacial score (nSPS) is 15.5. The van der Waals surface area contributed by atoms with Crippen molar-refractivity contribution in [2.75, 3.05) is 13.1 Å². The first kappa shape index (κ1) is 20.3. The van der Waals surface area contributed by atoms with E-state index in [1.54, 1.807) is 23.2 Å². The highest BCUT2D eigenvalue weighted by molar-refractivity contribution is 6.05. The molecular formula is C24H28N4O2. The van der Waals surface area contributed by atoms with E-state index in [-0.39, 0.29) is 16.9 Å². The van der Waals surface area contributed by atoms with E-state index in [0.717, 1.165) is 29.3 Å². The van der Waals surface area contributed by atoms with Crippen LogP contribution in [0.25, 0.3) is 10.8 Å². The zero-order chi connectivity index (χ0) is 21.3. The third-order valence-corrected chi connectivity index (χ3v) is 5.88. The van der Waals surface area contributed by atoms with E-state index >= 15 is 0 Å². The number of benzene rings is 1. The molecule has 0 bridgehead atoms. The van der Waals surface area contributed by atoms with Crippen LogP contribution >= 0.6 is 0 Å². The molecule has 0 spiro atoms. The Kier molecular flexibility index (Phi) is 5.41. The Balaban J connectivity index is 1.42. The quantitative estimate of drug-likeness (QED) is 0.668. The summed E-state index contributed by atoms with van der Waals surface area (Å²) in [7, 11) is 0. The van der Waals surface area contributed by atoms with Gasteiger partial charge in [-0.3, -0.25) is 19.1 Å². The zero-order valence-corrected chi connectivity index (χ0v) is 17.8. The molecule has 3 aromatic rings. The summed E-state index contributed by atoms with van der Waals surface area (Å²) in [6.45, 7) is 8.15. The van der Waals surface area contributed by atoms with Crippen molar-refractivity contribution in [1.82, 2.24) is 19.4 Å². The number of rotatable bonds is 3. The molecule has 0 atom stereocenters. The van der Waals surface area contributed by atoms with Crippen LogP contribution in [0.4, 0.5) is 0 Å². The number of likely N-dealkylation sites (tertiary alicyclic amines) is 1. The summed E-state index contributed by atoms with van der Waals surface area (Å²) >= 11 is 0. The minimum atomic E-state index is -0.139. The topological polar surface area (TPSA) is 68.1 Å². The number of amides is 1. The van der Waals surface area contributed by atoms with Gasteiger partial charge in [0.05, 0.1) is 12.0 Å². The highest BCUT2D eigenvalue weighted by atomic mass is 16.2. The van der Waals surface area contributed by atoms with Crippen molar-refractivity contribution in [1.29, 1.82) is 0 Å². The summed E-state index contributed by atoms with van der Waals surface area (Å²) in [6.07, 6.45) is 5.09. The minimum Gasteiger partial charge on any atom is -0.337 e. The lowest BCUT2D eigenvalue weighted by molar-refractivity contribution is 0.0678. The number of carbonyl (C=O) groups is 1. The molecule has 3 heterocycles. The highest BCUT2D eigenvalue weighted by Crippen LogP contribution is 2.23. The van der Waals surface area contributed by atoms with E-state index in [9.17, 15) is 9.59 Å². The molecule has 1 fully saturated rings. The fourth-order valence-corrected chi connectivity index (χ4v) is 4.01. The lowest BCUT2D eigenvalue weighted by Crippen LogP contribution is -2.40. The second-order valence-corrected chi connectivity index (χ2v) is 9.13. The average Bonchev–Trinajstić information content (AvgIpc) is 2.74. The van der Waals surface area contributed by atoms with Crippen LogP contribution in [0.2, 0.25) is 0 Å². The van der Waals surface area contributed by atoms with E-state index in [0.29, 0.717) is 31.2 Å². The van der Waals surface area contributed by atoms with Gasteiger partial charge in [0.1, 0.15) is 5.69 Å². The van der Waals surface area contributed by atoms with Crippen LogP contribution in [0.1, 0.15) is 49.8 Å². The van der Waals surface area contributed by atoms with Crippen LogP contribution in [-0.4, -0.2) is 38.4 Å². The summed E-state index contributed by atoms with van der Waals surface area (Å²) in [5.74, 6) is 0.341. The van der Waals surface area contributed by atoms with Gasteiger partial charge in [0.25, 0.3) is 11.5 Å². The van der Waals surface area contributed by atoms with Gasteiger partial charge in [0, 0.05) is 42.7 Å². The van der Waals surface area contributed by atoms with Gasteiger partial charge >= 0.3 is 0 Å². The van der Waals surface area contributed by atoms with Crippen molar-refractivity contribution in [3.63, 3.8) is 0 Å². The summed E-state index contributed by atoms with van der Waals surface area (Å²) in [5, 5.41) is 1.92. The zero-order valence-electron chi connectivity index (χ0n) is 17.8. The lowest BCUT2D eigenvalue weighted by atomic mass is 9.92. The first-order chi connectivity index (χ1) is 14.3. The third kappa shape index (κ3) is 4.13. The molecule has 30 heavy (non-hydrogen) atoms. The molecule has 6 nitrogen and oxygen atoms in total. The van der Waals surface area contributed by atoms with Gasteiger partial charge in [-0.05, 0) is 30.2 Å². The van der Waals surface area contributed by atoms with Crippen LogP contribution in [0.5, 0.6) is 0 Å². The van der Waals surface area contributed by atoms with Crippen molar-refractivity contribution in [2.24, 2.45) is 5.92 Å². The Bertz CT molecular complexity index is 1120. The van der Waals surface area contributed by atoms with Gasteiger partial charge in [-0.1, -0.05) is 45.0 Å². The van der Waals surface area contributed by atoms with E-state index in [2.05, 4.69) is 30.7 Å². The fourth-order valence-electron chi connectivity index (χ4n) is 4.01.